The van der Waals surface area contributed by atoms with Crippen LogP contribution in [0, 0.1) is 0 Å². The Hall–Kier alpha value is -3.95. The van der Waals surface area contributed by atoms with Crippen molar-refractivity contribution in [2.24, 2.45) is 5.10 Å². The molecule has 10 nitrogen and oxygen atoms in total. The molecular weight excluding hydrogens is 364 g/mol. The van der Waals surface area contributed by atoms with E-state index in [1.165, 1.54) is 19.4 Å². The van der Waals surface area contributed by atoms with Crippen LogP contribution in [-0.4, -0.2) is 51.7 Å². The van der Waals surface area contributed by atoms with Crippen molar-refractivity contribution in [3.8, 4) is 28.6 Å². The molecule has 0 aliphatic heterocycles. The number of methoxy groups -OCH3 is 2. The maximum Gasteiger partial charge on any atom is 0.263 e. The number of benzene rings is 2. The van der Waals surface area contributed by atoms with Gasteiger partial charge in [0.15, 0.2) is 11.5 Å². The molecule has 0 atom stereocenters. The largest absolute Gasteiger partial charge is 0.508 e. The summed E-state index contributed by atoms with van der Waals surface area (Å²) in [5.74, 6) is 1.16. The van der Waals surface area contributed by atoms with Crippen molar-refractivity contribution < 1.29 is 19.4 Å². The molecule has 1 aromatic heterocycles. The van der Waals surface area contributed by atoms with Crippen molar-refractivity contribution in [2.45, 2.75) is 6.54 Å². The first-order valence-electron chi connectivity index (χ1n) is 8.20. The molecule has 10 heteroatoms. The van der Waals surface area contributed by atoms with Crippen LogP contribution in [0.15, 0.2) is 47.6 Å². The highest BCUT2D eigenvalue weighted by molar-refractivity contribution is 5.82. The van der Waals surface area contributed by atoms with Gasteiger partial charge in [0, 0.05) is 5.56 Å². The summed E-state index contributed by atoms with van der Waals surface area (Å²) in [6.07, 6.45) is 1.42. The lowest BCUT2D eigenvalue weighted by Gasteiger charge is -2.07. The maximum absolute atomic E-state index is 12.0. The number of tetrazole rings is 1. The Kier molecular flexibility index (Phi) is 5.80. The van der Waals surface area contributed by atoms with Gasteiger partial charge < -0.3 is 14.6 Å². The lowest BCUT2D eigenvalue weighted by atomic mass is 10.2. The van der Waals surface area contributed by atoms with Crippen molar-refractivity contribution in [1.29, 1.82) is 0 Å². The lowest BCUT2D eigenvalue weighted by Crippen LogP contribution is -2.24. The van der Waals surface area contributed by atoms with Gasteiger partial charge >= 0.3 is 0 Å². The van der Waals surface area contributed by atoms with Gasteiger partial charge in [-0.05, 0) is 41.1 Å². The van der Waals surface area contributed by atoms with Gasteiger partial charge in [0.1, 0.15) is 12.3 Å². The number of nitrogens with one attached hydrogen (secondary N) is 1. The second-order valence-corrected chi connectivity index (χ2v) is 5.60. The Balaban J connectivity index is 1.62. The van der Waals surface area contributed by atoms with Gasteiger partial charge in [-0.25, -0.2) is 5.43 Å². The molecule has 0 fully saturated rings. The number of carbonyl (C=O) groups excluding carboxylic acids is 1. The second kappa shape index (κ2) is 8.62. The van der Waals surface area contributed by atoms with Gasteiger partial charge in [0.25, 0.3) is 5.91 Å². The molecule has 3 rings (SSSR count). The van der Waals surface area contributed by atoms with Gasteiger partial charge in [0.2, 0.25) is 5.82 Å². The second-order valence-electron chi connectivity index (χ2n) is 5.60. The summed E-state index contributed by atoms with van der Waals surface area (Å²) in [5.41, 5.74) is 3.69. The standard InChI is InChI=1S/C18H18N6O4/c1-27-15-7-6-13(9-16(15)28-2)18-21-23-24(22-18)11-17(26)20-19-10-12-4-3-5-14(25)8-12/h3-10,25H,11H2,1-2H3,(H,20,26)/b19-10-. The molecule has 0 aliphatic carbocycles. The van der Waals surface area contributed by atoms with Crippen molar-refractivity contribution in [1.82, 2.24) is 25.6 Å². The Morgan fingerprint density at radius 1 is 1.21 bits per heavy atom. The summed E-state index contributed by atoms with van der Waals surface area (Å²) < 4.78 is 10.4. The third kappa shape index (κ3) is 4.61. The number of hydrogen-bond donors (Lipinski definition) is 2. The Morgan fingerprint density at radius 3 is 2.79 bits per heavy atom. The van der Waals surface area contributed by atoms with Gasteiger partial charge in [-0.1, -0.05) is 12.1 Å². The highest BCUT2D eigenvalue weighted by Gasteiger charge is 2.12. The van der Waals surface area contributed by atoms with Crippen molar-refractivity contribution in [3.05, 3.63) is 48.0 Å². The third-order valence-electron chi connectivity index (χ3n) is 3.65. The minimum Gasteiger partial charge on any atom is -0.508 e. The van der Waals surface area contributed by atoms with E-state index in [1.54, 1.807) is 43.5 Å². The molecule has 2 aromatic carbocycles. The van der Waals surface area contributed by atoms with Crippen molar-refractivity contribution in [3.63, 3.8) is 0 Å². The van der Waals surface area contributed by atoms with Crippen LogP contribution in [0.3, 0.4) is 0 Å². The van der Waals surface area contributed by atoms with Gasteiger partial charge in [-0.2, -0.15) is 9.90 Å². The predicted octanol–water partition coefficient (Wildman–Crippen LogP) is 1.21. The number of ether oxygens (including phenoxy) is 2. The number of rotatable bonds is 7. The zero-order valence-electron chi connectivity index (χ0n) is 15.2. The maximum atomic E-state index is 12.0. The van der Waals surface area contributed by atoms with Crippen LogP contribution in [0.1, 0.15) is 5.56 Å². The molecule has 0 radical (unpaired) electrons. The van der Waals surface area contributed by atoms with E-state index in [4.69, 9.17) is 9.47 Å². The fraction of sp³-hybridized carbons (Fsp3) is 0.167. The molecule has 144 valence electrons. The number of carbonyl (C=O) groups is 1. The monoisotopic (exact) mass is 382 g/mol. The minimum atomic E-state index is -0.423. The molecule has 0 aliphatic rings. The predicted molar refractivity (Wildman–Crippen MR) is 100 cm³/mol. The number of aromatic hydroxyl groups is 1. The first-order chi connectivity index (χ1) is 13.6. The molecule has 0 saturated heterocycles. The van der Waals surface area contributed by atoms with Crippen LogP contribution in [0.5, 0.6) is 17.2 Å². The smallest absolute Gasteiger partial charge is 0.263 e. The van der Waals surface area contributed by atoms with Crippen LogP contribution in [0.2, 0.25) is 0 Å². The summed E-state index contributed by atoms with van der Waals surface area (Å²) in [7, 11) is 3.08. The van der Waals surface area contributed by atoms with E-state index in [9.17, 15) is 9.90 Å². The highest BCUT2D eigenvalue weighted by Crippen LogP contribution is 2.30. The number of phenols is 1. The fourth-order valence-corrected chi connectivity index (χ4v) is 2.35. The molecular formula is C18H18N6O4. The number of amides is 1. The lowest BCUT2D eigenvalue weighted by molar-refractivity contribution is -0.122. The topological polar surface area (TPSA) is 124 Å². The SMILES string of the molecule is COc1ccc(-c2nnn(CC(=O)N/N=C\c3cccc(O)c3)n2)cc1OC. The van der Waals surface area contributed by atoms with Crippen LogP contribution in [-0.2, 0) is 11.3 Å². The van der Waals surface area contributed by atoms with E-state index in [0.717, 1.165) is 4.80 Å². The van der Waals surface area contributed by atoms with Gasteiger partial charge in [0.05, 0.1) is 20.4 Å². The van der Waals surface area contributed by atoms with Gasteiger partial charge in [-0.3, -0.25) is 4.79 Å². The molecule has 28 heavy (non-hydrogen) atoms. The molecule has 0 unspecified atom stereocenters. The minimum absolute atomic E-state index is 0.116. The normalized spacial score (nSPS) is 10.8. The zero-order valence-corrected chi connectivity index (χ0v) is 15.2. The van der Waals surface area contributed by atoms with E-state index >= 15 is 0 Å². The number of hydrazone groups is 1. The average Bonchev–Trinajstić information content (AvgIpc) is 3.16. The Morgan fingerprint density at radius 2 is 2.04 bits per heavy atom. The Bertz CT molecular complexity index is 1000. The van der Waals surface area contributed by atoms with E-state index < -0.39 is 5.91 Å². The third-order valence-corrected chi connectivity index (χ3v) is 3.65. The fourth-order valence-electron chi connectivity index (χ4n) is 2.35. The van der Waals surface area contributed by atoms with E-state index in [-0.39, 0.29) is 12.3 Å². The molecule has 1 amide bonds. The van der Waals surface area contributed by atoms with E-state index in [0.29, 0.717) is 28.5 Å². The number of aromatic nitrogens is 4. The van der Waals surface area contributed by atoms with Crippen molar-refractivity contribution in [2.75, 3.05) is 14.2 Å². The Labute approximate surface area is 160 Å². The van der Waals surface area contributed by atoms with Crippen LogP contribution >= 0.6 is 0 Å². The number of nitrogens with zero attached hydrogens (tertiary/aromatic N) is 5. The molecule has 0 spiro atoms. The quantitative estimate of drug-likeness (QED) is 0.465. The van der Waals surface area contributed by atoms with Crippen molar-refractivity contribution >= 4 is 12.1 Å². The first-order valence-corrected chi connectivity index (χ1v) is 8.20. The van der Waals surface area contributed by atoms with Crippen LogP contribution < -0.4 is 14.9 Å². The molecule has 1 heterocycles. The van der Waals surface area contributed by atoms with E-state index in [1.807, 2.05) is 0 Å². The summed E-state index contributed by atoms with van der Waals surface area (Å²) >= 11 is 0. The number of hydrogen-bond acceptors (Lipinski definition) is 8. The molecule has 3 aromatic rings. The number of phenolic OH excluding ortho intramolecular Hbond substituents is 1. The zero-order chi connectivity index (χ0) is 19.9. The molecule has 2 N–H and O–H groups in total. The van der Waals surface area contributed by atoms with Gasteiger partial charge in [-0.15, -0.1) is 10.2 Å². The summed E-state index contributed by atoms with van der Waals surface area (Å²) in [4.78, 5) is 13.1. The van der Waals surface area contributed by atoms with E-state index in [2.05, 4.69) is 25.9 Å². The van der Waals surface area contributed by atoms with Crippen LogP contribution in [0.4, 0.5) is 0 Å². The van der Waals surface area contributed by atoms with Crippen LogP contribution in [0.25, 0.3) is 11.4 Å². The molecule has 0 bridgehead atoms. The average molecular weight is 382 g/mol. The highest BCUT2D eigenvalue weighted by atomic mass is 16.5. The summed E-state index contributed by atoms with van der Waals surface area (Å²) in [5, 5.41) is 25.2. The summed E-state index contributed by atoms with van der Waals surface area (Å²) in [6, 6.07) is 11.7. The summed E-state index contributed by atoms with van der Waals surface area (Å²) in [6.45, 7) is -0.155. The first kappa shape index (κ1) is 18.8. The molecule has 0 saturated carbocycles.